The van der Waals surface area contributed by atoms with Crippen LogP contribution in [0.1, 0.15) is 5.69 Å². The maximum absolute atomic E-state index is 13.8. The minimum atomic E-state index is -0.302. The van der Waals surface area contributed by atoms with Crippen LogP contribution in [-0.4, -0.2) is 47.6 Å². The minimum absolute atomic E-state index is 0.0340. The molecule has 0 spiro atoms. The van der Waals surface area contributed by atoms with Gasteiger partial charge in [0, 0.05) is 31.5 Å². The molecule has 2 aromatic rings. The number of carbonyl (C=O) groups is 1. The van der Waals surface area contributed by atoms with E-state index >= 15 is 0 Å². The average molecular weight is 327 g/mol. The number of para-hydroxylation sites is 1. The fraction of sp³-hybridized carbons (Fsp3) is 0.333. The highest BCUT2D eigenvalue weighted by atomic mass is 19.1. The van der Waals surface area contributed by atoms with Gasteiger partial charge in [0.05, 0.1) is 17.8 Å². The van der Waals surface area contributed by atoms with Crippen LogP contribution in [0.2, 0.25) is 0 Å². The smallest absolute Gasteiger partial charge is 0.253 e. The molecule has 0 unspecified atom stereocenters. The second-order valence-electron chi connectivity index (χ2n) is 6.14. The number of halogens is 1. The van der Waals surface area contributed by atoms with Crippen molar-refractivity contribution in [1.82, 2.24) is 9.88 Å². The zero-order valence-corrected chi connectivity index (χ0v) is 13.1. The van der Waals surface area contributed by atoms with Crippen LogP contribution >= 0.6 is 0 Å². The third kappa shape index (κ3) is 2.79. The van der Waals surface area contributed by atoms with Crippen molar-refractivity contribution in [3.8, 4) is 0 Å². The summed E-state index contributed by atoms with van der Waals surface area (Å²) in [7, 11) is 0. The Balaban J connectivity index is 1.54. The van der Waals surface area contributed by atoms with Crippen LogP contribution in [0.3, 0.4) is 0 Å². The fourth-order valence-electron chi connectivity index (χ4n) is 3.48. The summed E-state index contributed by atoms with van der Waals surface area (Å²) in [5.41, 5.74) is 1.31. The van der Waals surface area contributed by atoms with Crippen LogP contribution in [0, 0.1) is 5.82 Å². The van der Waals surface area contributed by atoms with Crippen LogP contribution in [0.25, 0.3) is 0 Å². The summed E-state index contributed by atoms with van der Waals surface area (Å²) in [5, 5.41) is 0. The molecule has 2 atom stereocenters. The third-order valence-corrected chi connectivity index (χ3v) is 4.58. The lowest BCUT2D eigenvalue weighted by Crippen LogP contribution is -2.54. The van der Waals surface area contributed by atoms with Gasteiger partial charge >= 0.3 is 0 Å². The van der Waals surface area contributed by atoms with E-state index in [1.165, 1.54) is 6.07 Å². The third-order valence-electron chi connectivity index (χ3n) is 4.58. The molecule has 1 amide bonds. The van der Waals surface area contributed by atoms with Crippen molar-refractivity contribution in [2.45, 2.75) is 18.7 Å². The second kappa shape index (κ2) is 6.30. The van der Waals surface area contributed by atoms with Crippen LogP contribution < -0.4 is 4.90 Å². The number of ether oxygens (including phenoxy) is 1. The lowest BCUT2D eigenvalue weighted by molar-refractivity contribution is -0.130. The highest BCUT2D eigenvalue weighted by Crippen LogP contribution is 2.29. The monoisotopic (exact) mass is 327 g/mol. The van der Waals surface area contributed by atoms with Gasteiger partial charge in [-0.1, -0.05) is 18.2 Å². The van der Waals surface area contributed by atoms with Crippen molar-refractivity contribution in [2.24, 2.45) is 0 Å². The zero-order valence-electron chi connectivity index (χ0n) is 13.1. The van der Waals surface area contributed by atoms with Crippen LogP contribution in [0.4, 0.5) is 10.1 Å². The SMILES string of the molecule is O=C1CO[C@H]2CN(Cc3ncccc3F)C[C@@H]2N1c1ccccc1. The Morgan fingerprint density at radius 2 is 2.00 bits per heavy atom. The van der Waals surface area contributed by atoms with E-state index in [1.54, 1.807) is 12.3 Å². The lowest BCUT2D eigenvalue weighted by atomic mass is 10.1. The Bertz CT molecular complexity index is 740. The number of likely N-dealkylation sites (tertiary alicyclic amines) is 1. The predicted molar refractivity (Wildman–Crippen MR) is 86.9 cm³/mol. The largest absolute Gasteiger partial charge is 0.365 e. The molecule has 0 N–H and O–H groups in total. The van der Waals surface area contributed by atoms with Gasteiger partial charge in [0.2, 0.25) is 0 Å². The van der Waals surface area contributed by atoms with Gasteiger partial charge in [0.1, 0.15) is 12.4 Å². The first-order valence-electron chi connectivity index (χ1n) is 8.03. The van der Waals surface area contributed by atoms with Gasteiger partial charge in [0.15, 0.2) is 0 Å². The van der Waals surface area contributed by atoms with E-state index in [-0.39, 0.29) is 30.5 Å². The standard InChI is InChI=1S/C18H18FN3O2/c19-14-7-4-8-20-15(14)9-21-10-16-17(11-21)24-12-18(23)22(16)13-5-2-1-3-6-13/h1-8,16-17H,9-12H2/t16-,17-/m0/s1. The first kappa shape index (κ1) is 15.2. The number of hydrogen-bond donors (Lipinski definition) is 0. The van der Waals surface area contributed by atoms with Crippen molar-refractivity contribution in [3.05, 3.63) is 60.2 Å². The minimum Gasteiger partial charge on any atom is -0.365 e. The number of hydrogen-bond acceptors (Lipinski definition) is 4. The number of amides is 1. The average Bonchev–Trinajstić information content (AvgIpc) is 3.00. The molecule has 3 heterocycles. The molecular formula is C18H18FN3O2. The maximum Gasteiger partial charge on any atom is 0.253 e. The maximum atomic E-state index is 13.8. The van der Waals surface area contributed by atoms with Crippen LogP contribution in [0.15, 0.2) is 48.7 Å². The normalized spacial score (nSPS) is 24.2. The summed E-state index contributed by atoms with van der Waals surface area (Å²) in [5.74, 6) is -0.336. The highest BCUT2D eigenvalue weighted by molar-refractivity contribution is 5.95. The van der Waals surface area contributed by atoms with E-state index in [0.717, 1.165) is 5.69 Å². The van der Waals surface area contributed by atoms with E-state index in [1.807, 2.05) is 35.2 Å². The Labute approximate surface area is 139 Å². The van der Waals surface area contributed by atoms with Crippen molar-refractivity contribution < 1.29 is 13.9 Å². The number of nitrogens with zero attached hydrogens (tertiary/aromatic N) is 3. The number of morpholine rings is 1. The molecule has 2 saturated heterocycles. The lowest BCUT2D eigenvalue weighted by Gasteiger charge is -2.36. The van der Waals surface area contributed by atoms with Gasteiger partial charge in [-0.05, 0) is 24.3 Å². The Kier molecular flexibility index (Phi) is 4.00. The molecule has 1 aromatic heterocycles. The number of anilines is 1. The summed E-state index contributed by atoms with van der Waals surface area (Å²) < 4.78 is 19.5. The fourth-order valence-corrected chi connectivity index (χ4v) is 3.48. The molecule has 2 aliphatic rings. The molecule has 0 aliphatic carbocycles. The Morgan fingerprint density at radius 1 is 1.17 bits per heavy atom. The predicted octanol–water partition coefficient (Wildman–Crippen LogP) is 1.84. The summed E-state index contributed by atoms with van der Waals surface area (Å²) in [6, 6.07) is 12.6. The molecule has 2 fully saturated rings. The molecule has 0 radical (unpaired) electrons. The van der Waals surface area contributed by atoms with Gasteiger partial charge in [-0.25, -0.2) is 4.39 Å². The molecule has 0 saturated carbocycles. The van der Waals surface area contributed by atoms with Crippen LogP contribution in [-0.2, 0) is 16.1 Å². The number of aromatic nitrogens is 1. The number of benzene rings is 1. The van der Waals surface area contributed by atoms with Crippen molar-refractivity contribution >= 4 is 11.6 Å². The number of carbonyl (C=O) groups excluding carboxylic acids is 1. The van der Waals surface area contributed by atoms with E-state index < -0.39 is 0 Å². The van der Waals surface area contributed by atoms with Gasteiger partial charge in [0.25, 0.3) is 5.91 Å². The molecule has 6 heteroatoms. The van der Waals surface area contributed by atoms with Crippen molar-refractivity contribution in [2.75, 3.05) is 24.6 Å². The Hall–Kier alpha value is -2.31. The van der Waals surface area contributed by atoms with E-state index in [4.69, 9.17) is 4.74 Å². The molecule has 4 rings (SSSR count). The topological polar surface area (TPSA) is 45.7 Å². The molecule has 5 nitrogen and oxygen atoms in total. The van der Waals surface area contributed by atoms with E-state index in [9.17, 15) is 9.18 Å². The first-order chi connectivity index (χ1) is 11.7. The quantitative estimate of drug-likeness (QED) is 0.863. The number of fused-ring (bicyclic) bond motifs is 1. The molecular weight excluding hydrogens is 309 g/mol. The number of rotatable bonds is 3. The van der Waals surface area contributed by atoms with Gasteiger partial charge < -0.3 is 9.64 Å². The van der Waals surface area contributed by atoms with E-state index in [2.05, 4.69) is 9.88 Å². The van der Waals surface area contributed by atoms with Gasteiger partial charge in [-0.3, -0.25) is 14.7 Å². The first-order valence-corrected chi connectivity index (χ1v) is 8.03. The molecule has 124 valence electrons. The second-order valence-corrected chi connectivity index (χ2v) is 6.14. The van der Waals surface area contributed by atoms with Crippen LogP contribution in [0.5, 0.6) is 0 Å². The van der Waals surface area contributed by atoms with Gasteiger partial charge in [-0.2, -0.15) is 0 Å². The Morgan fingerprint density at radius 3 is 2.79 bits per heavy atom. The van der Waals surface area contributed by atoms with Crippen molar-refractivity contribution in [3.63, 3.8) is 0 Å². The summed E-state index contributed by atoms with van der Waals surface area (Å²) in [6.45, 7) is 1.81. The summed E-state index contributed by atoms with van der Waals surface area (Å²) in [4.78, 5) is 20.4. The summed E-state index contributed by atoms with van der Waals surface area (Å²) in [6.07, 6.45) is 1.53. The molecule has 2 aliphatic heterocycles. The van der Waals surface area contributed by atoms with Gasteiger partial charge in [-0.15, -0.1) is 0 Å². The zero-order chi connectivity index (χ0) is 16.5. The molecule has 24 heavy (non-hydrogen) atoms. The molecule has 0 bridgehead atoms. The van der Waals surface area contributed by atoms with Crippen molar-refractivity contribution in [1.29, 1.82) is 0 Å². The summed E-state index contributed by atoms with van der Waals surface area (Å²) >= 11 is 0. The number of pyridine rings is 1. The van der Waals surface area contributed by atoms with E-state index in [0.29, 0.717) is 25.3 Å². The highest BCUT2D eigenvalue weighted by Gasteiger charge is 2.43. The molecule has 1 aromatic carbocycles.